The molecule has 1 aliphatic carbocycles. The van der Waals surface area contributed by atoms with E-state index in [1.165, 1.54) is 24.1 Å². The largest absolute Gasteiger partial charge is 0.496 e. The van der Waals surface area contributed by atoms with Gasteiger partial charge in [0.2, 0.25) is 0 Å². The van der Waals surface area contributed by atoms with Crippen LogP contribution in [-0.4, -0.2) is 17.8 Å². The summed E-state index contributed by atoms with van der Waals surface area (Å²) in [6, 6.07) is 18.3. The van der Waals surface area contributed by atoms with Gasteiger partial charge in [-0.25, -0.2) is 0 Å². The molecule has 0 spiro atoms. The van der Waals surface area contributed by atoms with Crippen LogP contribution in [0.4, 0.5) is 11.4 Å². The van der Waals surface area contributed by atoms with Crippen LogP contribution in [0, 0.1) is 35.3 Å². The zero-order chi connectivity index (χ0) is 30.1. The van der Waals surface area contributed by atoms with E-state index in [-0.39, 0.29) is 35.2 Å². The first-order valence-electron chi connectivity index (χ1n) is 13.4. The molecule has 2 N–H and O–H groups in total. The maximum absolute atomic E-state index is 13.6. The number of Topliss-reactive ketones (excluding diaryl/α,β-unsaturated/α-hetero) is 1. The first-order chi connectivity index (χ1) is 20.2. The number of carbonyl (C=O) groups excluding carboxylic acids is 1. The van der Waals surface area contributed by atoms with Gasteiger partial charge in [-0.1, -0.05) is 24.3 Å². The summed E-state index contributed by atoms with van der Waals surface area (Å²) in [5.74, 6) is 0.255. The van der Waals surface area contributed by atoms with Crippen LogP contribution in [0.25, 0.3) is 0 Å². The van der Waals surface area contributed by atoms with Gasteiger partial charge in [-0.05, 0) is 89.1 Å². The lowest BCUT2D eigenvalue weighted by Gasteiger charge is -2.39. The van der Waals surface area contributed by atoms with E-state index in [1.54, 1.807) is 6.07 Å². The highest BCUT2D eigenvalue weighted by molar-refractivity contribution is 9.10. The van der Waals surface area contributed by atoms with Crippen molar-refractivity contribution in [3.63, 3.8) is 0 Å². The molecule has 2 aliphatic rings. The Morgan fingerprint density at radius 2 is 1.90 bits per heavy atom. The van der Waals surface area contributed by atoms with E-state index in [0.717, 1.165) is 26.7 Å². The number of nitrogens with two attached hydrogens (primary N) is 1. The molecule has 1 unspecified atom stereocenters. The highest BCUT2D eigenvalue weighted by atomic mass is 79.9. The maximum Gasteiger partial charge on any atom is 0.296 e. The van der Waals surface area contributed by atoms with Crippen molar-refractivity contribution in [2.45, 2.75) is 45.6 Å². The number of nitrogens with zero attached hydrogens (tertiary/aromatic N) is 3. The van der Waals surface area contributed by atoms with Crippen molar-refractivity contribution in [1.82, 2.24) is 0 Å². The molecule has 3 aromatic carbocycles. The summed E-state index contributed by atoms with van der Waals surface area (Å²) in [6.07, 6.45) is 1.36. The number of halogens is 1. The van der Waals surface area contributed by atoms with Gasteiger partial charge in [0.15, 0.2) is 5.78 Å². The zero-order valence-corrected chi connectivity index (χ0v) is 25.0. The normalized spacial score (nSPS) is 16.7. The molecule has 0 fully saturated rings. The van der Waals surface area contributed by atoms with E-state index in [4.69, 9.17) is 15.2 Å². The summed E-state index contributed by atoms with van der Waals surface area (Å²) in [4.78, 5) is 26.7. The molecule has 0 saturated carbocycles. The first-order valence-corrected chi connectivity index (χ1v) is 14.2. The number of ketones is 1. The summed E-state index contributed by atoms with van der Waals surface area (Å²) in [6.45, 7) is 4.21. The Morgan fingerprint density at radius 3 is 2.60 bits per heavy atom. The van der Waals surface area contributed by atoms with Crippen LogP contribution >= 0.6 is 15.9 Å². The molecule has 42 heavy (non-hydrogen) atoms. The van der Waals surface area contributed by atoms with Gasteiger partial charge in [-0.3, -0.25) is 19.8 Å². The highest BCUT2D eigenvalue weighted by Crippen LogP contribution is 2.49. The molecule has 0 aromatic heterocycles. The number of nitriles is 1. The fourth-order valence-electron chi connectivity index (χ4n) is 5.74. The third-order valence-corrected chi connectivity index (χ3v) is 8.44. The van der Waals surface area contributed by atoms with Crippen molar-refractivity contribution >= 4 is 33.1 Å². The molecule has 0 bridgehead atoms. The van der Waals surface area contributed by atoms with Crippen LogP contribution in [0.2, 0.25) is 0 Å². The average molecular weight is 630 g/mol. The first kappa shape index (κ1) is 28.9. The third-order valence-electron chi connectivity index (χ3n) is 7.79. The number of benzene rings is 3. The number of carbonyl (C=O) groups is 1. The molecule has 1 heterocycles. The topological polar surface area (TPSA) is 132 Å². The van der Waals surface area contributed by atoms with Gasteiger partial charge in [0, 0.05) is 17.7 Å². The minimum Gasteiger partial charge on any atom is -0.496 e. The van der Waals surface area contributed by atoms with E-state index in [2.05, 4.69) is 22.0 Å². The van der Waals surface area contributed by atoms with E-state index in [1.807, 2.05) is 50.2 Å². The number of nitro groups is 1. The molecule has 1 atom stereocenters. The number of aryl methyl sites for hydroxylation is 2. The van der Waals surface area contributed by atoms with Gasteiger partial charge >= 0.3 is 0 Å². The molecule has 10 heteroatoms. The number of rotatable bonds is 7. The van der Waals surface area contributed by atoms with Gasteiger partial charge < -0.3 is 15.2 Å². The standard InChI is InChI=1S/C32H29BrN4O5/c1-18-13-19(2)22(14-20(18)17-42-29-10-5-4-7-24(29)33)30-23(16-34)32(35)36(26-8-6-9-28(38)31(26)30)25-12-11-21(41-3)15-27(25)37(39)40/h4-5,7,10-15,30H,6,8-9,17,35H2,1-3H3. The Balaban J connectivity index is 1.67. The van der Waals surface area contributed by atoms with E-state index in [9.17, 15) is 20.2 Å². The molecule has 0 amide bonds. The van der Waals surface area contributed by atoms with Crippen molar-refractivity contribution in [2.24, 2.45) is 5.73 Å². The number of nitro benzene ring substituents is 1. The van der Waals surface area contributed by atoms with Gasteiger partial charge in [0.25, 0.3) is 5.69 Å². The number of hydrogen-bond donors (Lipinski definition) is 1. The van der Waals surface area contributed by atoms with Crippen molar-refractivity contribution < 1.29 is 19.2 Å². The van der Waals surface area contributed by atoms with Crippen LogP contribution in [0.3, 0.4) is 0 Å². The molecule has 3 aromatic rings. The Hall–Kier alpha value is -4.62. The quantitative estimate of drug-likeness (QED) is 0.221. The van der Waals surface area contributed by atoms with Crippen LogP contribution < -0.4 is 20.1 Å². The SMILES string of the molecule is COc1ccc(N2C(N)=C(C#N)C(c3cc(COc4ccccc4Br)c(C)cc3C)C3=C2CCCC3=O)c([N+](=O)[O-])c1. The van der Waals surface area contributed by atoms with Crippen LogP contribution in [-0.2, 0) is 11.4 Å². The van der Waals surface area contributed by atoms with E-state index >= 15 is 0 Å². The third kappa shape index (κ3) is 5.12. The lowest BCUT2D eigenvalue weighted by atomic mass is 9.74. The van der Waals surface area contributed by atoms with Crippen molar-refractivity contribution in [3.8, 4) is 17.6 Å². The number of methoxy groups -OCH3 is 1. The summed E-state index contributed by atoms with van der Waals surface area (Å²) < 4.78 is 12.1. The second-order valence-electron chi connectivity index (χ2n) is 10.3. The molecule has 0 radical (unpaired) electrons. The lowest BCUT2D eigenvalue weighted by Crippen LogP contribution is -2.39. The highest BCUT2D eigenvalue weighted by Gasteiger charge is 2.42. The van der Waals surface area contributed by atoms with Gasteiger partial charge in [-0.2, -0.15) is 5.26 Å². The number of para-hydroxylation sites is 1. The Morgan fingerprint density at radius 1 is 1.14 bits per heavy atom. The number of hydrogen-bond acceptors (Lipinski definition) is 8. The number of anilines is 1. The molecular weight excluding hydrogens is 600 g/mol. The molecule has 0 saturated heterocycles. The van der Waals surface area contributed by atoms with Gasteiger partial charge in [-0.15, -0.1) is 0 Å². The Bertz CT molecular complexity index is 1720. The average Bonchev–Trinajstić information content (AvgIpc) is 2.97. The lowest BCUT2D eigenvalue weighted by molar-refractivity contribution is -0.384. The summed E-state index contributed by atoms with van der Waals surface area (Å²) in [7, 11) is 1.43. The van der Waals surface area contributed by atoms with Crippen molar-refractivity contribution in [3.05, 3.63) is 114 Å². The number of allylic oxidation sites excluding steroid dienone is 3. The predicted octanol–water partition coefficient (Wildman–Crippen LogP) is 6.87. The molecular formula is C32H29BrN4O5. The van der Waals surface area contributed by atoms with Crippen LogP contribution in [0.15, 0.2) is 81.7 Å². The zero-order valence-electron chi connectivity index (χ0n) is 23.4. The van der Waals surface area contributed by atoms with Crippen LogP contribution in [0.5, 0.6) is 11.5 Å². The maximum atomic E-state index is 13.6. The van der Waals surface area contributed by atoms with Crippen molar-refractivity contribution in [1.29, 1.82) is 5.26 Å². The second-order valence-corrected chi connectivity index (χ2v) is 11.1. The fourth-order valence-corrected chi connectivity index (χ4v) is 6.14. The van der Waals surface area contributed by atoms with Crippen molar-refractivity contribution in [2.75, 3.05) is 12.0 Å². The monoisotopic (exact) mass is 628 g/mol. The second kappa shape index (κ2) is 11.7. The summed E-state index contributed by atoms with van der Waals surface area (Å²) in [5, 5.41) is 22.6. The minimum atomic E-state index is -0.714. The minimum absolute atomic E-state index is 0.0650. The fraction of sp³-hybridized carbons (Fsp3) is 0.250. The van der Waals surface area contributed by atoms with E-state index < -0.39 is 10.8 Å². The Labute approximate surface area is 252 Å². The summed E-state index contributed by atoms with van der Waals surface area (Å²) >= 11 is 3.51. The summed E-state index contributed by atoms with van der Waals surface area (Å²) in [5.41, 5.74) is 11.4. The Kier molecular flexibility index (Phi) is 8.05. The van der Waals surface area contributed by atoms with Gasteiger partial charge in [0.05, 0.1) is 40.1 Å². The van der Waals surface area contributed by atoms with Gasteiger partial charge in [0.1, 0.15) is 29.6 Å². The van der Waals surface area contributed by atoms with Crippen LogP contribution in [0.1, 0.15) is 47.4 Å². The molecule has 9 nitrogen and oxygen atoms in total. The molecule has 5 rings (SSSR count). The molecule has 214 valence electrons. The van der Waals surface area contributed by atoms with E-state index in [0.29, 0.717) is 42.0 Å². The number of ether oxygens (including phenoxy) is 2. The predicted molar refractivity (Wildman–Crippen MR) is 162 cm³/mol. The molecule has 1 aliphatic heterocycles. The smallest absolute Gasteiger partial charge is 0.296 e.